The lowest BCUT2D eigenvalue weighted by Gasteiger charge is -2.29. The van der Waals surface area contributed by atoms with Crippen LogP contribution in [0.4, 0.5) is 5.69 Å². The van der Waals surface area contributed by atoms with Gasteiger partial charge in [-0.3, -0.25) is 14.6 Å². The first-order chi connectivity index (χ1) is 14.9. The Balaban J connectivity index is 1.56. The highest BCUT2D eigenvalue weighted by atomic mass is 32.1. The highest BCUT2D eigenvalue weighted by Crippen LogP contribution is 2.39. The summed E-state index contributed by atoms with van der Waals surface area (Å²) in [5, 5.41) is 10.6. The number of aromatic nitrogens is 2. The van der Waals surface area contributed by atoms with Gasteiger partial charge < -0.3 is 16.0 Å². The van der Waals surface area contributed by atoms with Crippen molar-refractivity contribution >= 4 is 50.4 Å². The number of rotatable bonds is 6. The van der Waals surface area contributed by atoms with Gasteiger partial charge in [-0.2, -0.15) is 0 Å². The predicted octanol–water partition coefficient (Wildman–Crippen LogP) is 4.42. The van der Waals surface area contributed by atoms with Crippen molar-refractivity contribution in [3.63, 3.8) is 0 Å². The standard InChI is InChI=1S/C22H27N5O2S2/c1-12(2)25-20-16-8-18(19-10-23-11-30-19)31-22(16)24-9-17(20)21(29)27-15-6-4-14(5-7-15)26-13(3)28/h8-12,14-15H,4-7H2,1-3H3,(H,24,25)(H,26,28)(H,27,29)/t14-,15-. The van der Waals surface area contributed by atoms with E-state index in [1.165, 1.54) is 0 Å². The Morgan fingerprint density at radius 2 is 1.77 bits per heavy atom. The van der Waals surface area contributed by atoms with Gasteiger partial charge in [0.2, 0.25) is 5.91 Å². The summed E-state index contributed by atoms with van der Waals surface area (Å²) >= 11 is 3.20. The fourth-order valence-electron chi connectivity index (χ4n) is 4.00. The van der Waals surface area contributed by atoms with Gasteiger partial charge in [-0.15, -0.1) is 22.7 Å². The van der Waals surface area contributed by atoms with Gasteiger partial charge in [-0.05, 0) is 45.6 Å². The van der Waals surface area contributed by atoms with E-state index >= 15 is 0 Å². The summed E-state index contributed by atoms with van der Waals surface area (Å²) < 4.78 is 0. The lowest BCUT2D eigenvalue weighted by Crippen LogP contribution is -2.43. The van der Waals surface area contributed by atoms with Crippen molar-refractivity contribution in [2.75, 3.05) is 5.32 Å². The number of anilines is 1. The summed E-state index contributed by atoms with van der Waals surface area (Å²) in [5.41, 5.74) is 3.22. The highest BCUT2D eigenvalue weighted by Gasteiger charge is 2.25. The van der Waals surface area contributed by atoms with Crippen molar-refractivity contribution < 1.29 is 9.59 Å². The number of thiazole rings is 1. The van der Waals surface area contributed by atoms with E-state index < -0.39 is 0 Å². The molecule has 3 N–H and O–H groups in total. The molecule has 2 amide bonds. The number of pyridine rings is 1. The molecule has 0 aromatic carbocycles. The number of carbonyl (C=O) groups is 2. The van der Waals surface area contributed by atoms with E-state index in [1.807, 2.05) is 11.7 Å². The molecule has 164 valence electrons. The second kappa shape index (κ2) is 9.32. The van der Waals surface area contributed by atoms with Gasteiger partial charge >= 0.3 is 0 Å². The van der Waals surface area contributed by atoms with Crippen LogP contribution in [-0.2, 0) is 4.79 Å². The fraction of sp³-hybridized carbons (Fsp3) is 0.455. The predicted molar refractivity (Wildman–Crippen MR) is 127 cm³/mol. The van der Waals surface area contributed by atoms with E-state index in [0.717, 1.165) is 51.3 Å². The van der Waals surface area contributed by atoms with E-state index in [9.17, 15) is 9.59 Å². The summed E-state index contributed by atoms with van der Waals surface area (Å²) in [6.45, 7) is 5.67. The molecule has 7 nitrogen and oxygen atoms in total. The van der Waals surface area contributed by atoms with Gasteiger partial charge in [0.15, 0.2) is 0 Å². The van der Waals surface area contributed by atoms with Crippen LogP contribution < -0.4 is 16.0 Å². The molecule has 0 unspecified atom stereocenters. The van der Waals surface area contributed by atoms with Crippen molar-refractivity contribution in [2.45, 2.75) is 64.6 Å². The monoisotopic (exact) mass is 457 g/mol. The Kier molecular flexibility index (Phi) is 6.52. The molecule has 0 saturated heterocycles. The average Bonchev–Trinajstić information content (AvgIpc) is 3.38. The molecule has 0 radical (unpaired) electrons. The van der Waals surface area contributed by atoms with Crippen molar-refractivity contribution in [1.82, 2.24) is 20.6 Å². The van der Waals surface area contributed by atoms with Gasteiger partial charge in [0, 0.05) is 47.7 Å². The first-order valence-corrected chi connectivity index (χ1v) is 12.3. The molecule has 1 aliphatic rings. The third kappa shape index (κ3) is 5.04. The topological polar surface area (TPSA) is 96.0 Å². The zero-order valence-corrected chi connectivity index (χ0v) is 19.5. The minimum absolute atomic E-state index is 0.00438. The zero-order chi connectivity index (χ0) is 22.0. The lowest BCUT2D eigenvalue weighted by molar-refractivity contribution is -0.119. The summed E-state index contributed by atoms with van der Waals surface area (Å²) in [4.78, 5) is 36.3. The maximum absolute atomic E-state index is 13.2. The molecule has 31 heavy (non-hydrogen) atoms. The Hall–Kier alpha value is -2.52. The van der Waals surface area contributed by atoms with Gasteiger partial charge in [0.25, 0.3) is 5.91 Å². The van der Waals surface area contributed by atoms with Crippen LogP contribution in [0.15, 0.2) is 24.0 Å². The van der Waals surface area contributed by atoms with Crippen LogP contribution in [0.3, 0.4) is 0 Å². The normalized spacial score (nSPS) is 18.8. The molecule has 3 aromatic rings. The van der Waals surface area contributed by atoms with Gasteiger partial charge in [-0.25, -0.2) is 4.98 Å². The molecule has 0 aliphatic heterocycles. The van der Waals surface area contributed by atoms with Crippen molar-refractivity contribution in [3.8, 4) is 9.75 Å². The minimum Gasteiger partial charge on any atom is -0.382 e. The van der Waals surface area contributed by atoms with Crippen LogP contribution in [0.2, 0.25) is 0 Å². The first kappa shape index (κ1) is 21.7. The van der Waals surface area contributed by atoms with Crippen LogP contribution in [0.1, 0.15) is 56.8 Å². The van der Waals surface area contributed by atoms with Crippen molar-refractivity contribution in [2.24, 2.45) is 0 Å². The van der Waals surface area contributed by atoms with Crippen molar-refractivity contribution in [1.29, 1.82) is 0 Å². The molecule has 0 atom stereocenters. The number of fused-ring (bicyclic) bond motifs is 1. The lowest BCUT2D eigenvalue weighted by atomic mass is 9.91. The van der Waals surface area contributed by atoms with E-state index in [1.54, 1.807) is 35.8 Å². The Morgan fingerprint density at radius 1 is 1.06 bits per heavy atom. The largest absolute Gasteiger partial charge is 0.382 e. The van der Waals surface area contributed by atoms with E-state index in [0.29, 0.717) is 5.56 Å². The van der Waals surface area contributed by atoms with E-state index in [4.69, 9.17) is 0 Å². The maximum Gasteiger partial charge on any atom is 0.255 e. The fourth-order valence-corrected chi connectivity index (χ4v) is 5.71. The first-order valence-electron chi connectivity index (χ1n) is 10.6. The molecule has 0 bridgehead atoms. The molecule has 1 saturated carbocycles. The molecule has 3 heterocycles. The SMILES string of the molecule is CC(=O)N[C@H]1CC[C@H](NC(=O)c2cnc3sc(-c4cncs4)cc3c2NC(C)C)CC1. The number of amides is 2. The molecular formula is C22H27N5O2S2. The quantitative estimate of drug-likeness (QED) is 0.509. The third-order valence-corrected chi connectivity index (χ3v) is 7.40. The van der Waals surface area contributed by atoms with Crippen LogP contribution in [0.25, 0.3) is 20.0 Å². The molecule has 4 rings (SSSR count). The molecule has 1 aliphatic carbocycles. The Morgan fingerprint density at radius 3 is 2.39 bits per heavy atom. The molecular weight excluding hydrogens is 430 g/mol. The molecule has 9 heteroatoms. The second-order valence-electron chi connectivity index (χ2n) is 8.26. The second-order valence-corrected chi connectivity index (χ2v) is 10.2. The summed E-state index contributed by atoms with van der Waals surface area (Å²) in [5.74, 6) is -0.101. The van der Waals surface area contributed by atoms with E-state index in [2.05, 4.69) is 45.8 Å². The maximum atomic E-state index is 13.2. The number of hydrogen-bond donors (Lipinski definition) is 3. The van der Waals surface area contributed by atoms with E-state index in [-0.39, 0.29) is 29.9 Å². The zero-order valence-electron chi connectivity index (χ0n) is 17.9. The number of thiophene rings is 1. The minimum atomic E-state index is -0.105. The Labute approximate surface area is 189 Å². The van der Waals surface area contributed by atoms with Crippen LogP contribution in [-0.4, -0.2) is 39.9 Å². The molecule has 1 fully saturated rings. The average molecular weight is 458 g/mol. The highest BCUT2D eigenvalue weighted by molar-refractivity contribution is 7.25. The van der Waals surface area contributed by atoms with Crippen LogP contribution >= 0.6 is 22.7 Å². The number of nitrogens with one attached hydrogen (secondary N) is 3. The summed E-state index contributed by atoms with van der Waals surface area (Å²) in [7, 11) is 0. The van der Waals surface area contributed by atoms with Crippen LogP contribution in [0, 0.1) is 0 Å². The Bertz CT molecular complexity index is 1070. The van der Waals surface area contributed by atoms with Crippen molar-refractivity contribution in [3.05, 3.63) is 29.5 Å². The number of carbonyl (C=O) groups excluding carboxylic acids is 2. The van der Waals surface area contributed by atoms with Crippen LogP contribution in [0.5, 0.6) is 0 Å². The van der Waals surface area contributed by atoms with Gasteiger partial charge in [0.1, 0.15) is 4.83 Å². The number of hydrogen-bond acceptors (Lipinski definition) is 7. The molecule has 0 spiro atoms. The number of nitrogens with zero attached hydrogens (tertiary/aromatic N) is 2. The van der Waals surface area contributed by atoms with Gasteiger partial charge in [-0.1, -0.05) is 0 Å². The molecule has 3 aromatic heterocycles. The van der Waals surface area contributed by atoms with Gasteiger partial charge in [0.05, 0.1) is 21.6 Å². The summed E-state index contributed by atoms with van der Waals surface area (Å²) in [6, 6.07) is 2.59. The smallest absolute Gasteiger partial charge is 0.255 e. The summed E-state index contributed by atoms with van der Waals surface area (Å²) in [6.07, 6.45) is 7.00. The third-order valence-electron chi connectivity index (χ3n) is 5.38.